The maximum Gasteiger partial charge on any atom is 0.290 e. The van der Waals surface area contributed by atoms with E-state index < -0.39 is 11.7 Å². The van der Waals surface area contributed by atoms with Crippen LogP contribution in [0.15, 0.2) is 29.4 Å². The van der Waals surface area contributed by atoms with Gasteiger partial charge in [0.2, 0.25) is 0 Å². The summed E-state index contributed by atoms with van der Waals surface area (Å²) in [6, 6.07) is 4.91. The topological polar surface area (TPSA) is 42.0 Å². The molecule has 2 rings (SSSR count). The summed E-state index contributed by atoms with van der Waals surface area (Å²) in [7, 11) is 0. The lowest BCUT2D eigenvalue weighted by Gasteiger charge is -2.15. The number of aromatic nitrogens is 1. The molecule has 0 aliphatic heterocycles. The molecule has 2 heterocycles. The van der Waals surface area contributed by atoms with Crippen molar-refractivity contribution in [1.82, 2.24) is 10.3 Å². The van der Waals surface area contributed by atoms with Gasteiger partial charge in [-0.3, -0.25) is 4.79 Å². The summed E-state index contributed by atoms with van der Waals surface area (Å²) < 4.78 is 25.1. The molecule has 0 aliphatic carbocycles. The Morgan fingerprint density at radius 2 is 2.14 bits per heavy atom. The average molecular weight is 342 g/mol. The second-order valence-corrected chi connectivity index (χ2v) is 7.24. The molecule has 2 aromatic rings. The van der Waals surface area contributed by atoms with Gasteiger partial charge in [0.15, 0.2) is 0 Å². The molecule has 1 N–H and O–H groups in total. The Balaban J connectivity index is 2.17. The first-order chi connectivity index (χ1) is 10.4. The molecule has 7 heteroatoms. The highest BCUT2D eigenvalue weighted by Gasteiger charge is 2.19. The van der Waals surface area contributed by atoms with Crippen LogP contribution in [0.3, 0.4) is 0 Å². The van der Waals surface area contributed by atoms with E-state index in [1.165, 1.54) is 17.1 Å². The number of halogens is 2. The van der Waals surface area contributed by atoms with Crippen LogP contribution in [0.1, 0.15) is 38.6 Å². The molecule has 0 aliphatic rings. The van der Waals surface area contributed by atoms with Crippen molar-refractivity contribution in [3.05, 3.63) is 45.3 Å². The molecule has 3 nitrogen and oxygen atoms in total. The normalized spacial score (nSPS) is 12.5. The van der Waals surface area contributed by atoms with E-state index in [4.69, 9.17) is 0 Å². The lowest BCUT2D eigenvalue weighted by Crippen LogP contribution is -2.27. The number of carbonyl (C=O) groups is 1. The van der Waals surface area contributed by atoms with Crippen molar-refractivity contribution in [3.63, 3.8) is 0 Å². The van der Waals surface area contributed by atoms with Crippen molar-refractivity contribution in [3.8, 4) is 0 Å². The Hall–Kier alpha value is -1.47. The molecule has 2 aromatic heterocycles. The van der Waals surface area contributed by atoms with Gasteiger partial charge in [0.25, 0.3) is 11.7 Å². The third-order valence-corrected chi connectivity index (χ3v) is 4.82. The summed E-state index contributed by atoms with van der Waals surface area (Å²) in [6.07, 6.45) is 1.40. The van der Waals surface area contributed by atoms with E-state index >= 15 is 0 Å². The van der Waals surface area contributed by atoms with Crippen LogP contribution >= 0.6 is 23.1 Å². The van der Waals surface area contributed by atoms with Gasteiger partial charge in [0.1, 0.15) is 5.03 Å². The van der Waals surface area contributed by atoms with Gasteiger partial charge in [0.05, 0.1) is 11.6 Å². The predicted octanol–water partition coefficient (Wildman–Crippen LogP) is 4.57. The van der Waals surface area contributed by atoms with E-state index in [-0.39, 0.29) is 28.4 Å². The predicted molar refractivity (Wildman–Crippen MR) is 85.8 cm³/mol. The lowest BCUT2D eigenvalue weighted by atomic mass is 10.1. The van der Waals surface area contributed by atoms with Crippen LogP contribution in [0.25, 0.3) is 0 Å². The molecule has 0 aromatic carbocycles. The van der Waals surface area contributed by atoms with Crippen molar-refractivity contribution in [2.24, 2.45) is 0 Å². The molecule has 0 bridgehead atoms. The van der Waals surface area contributed by atoms with E-state index in [2.05, 4.69) is 10.3 Å². The largest absolute Gasteiger partial charge is 0.345 e. The molecular weight excluding hydrogens is 326 g/mol. The van der Waals surface area contributed by atoms with Gasteiger partial charge >= 0.3 is 0 Å². The fraction of sp³-hybridized carbons (Fsp3) is 0.333. The van der Waals surface area contributed by atoms with Gasteiger partial charge in [-0.15, -0.1) is 11.3 Å². The van der Waals surface area contributed by atoms with Crippen LogP contribution in [0.5, 0.6) is 0 Å². The fourth-order valence-electron chi connectivity index (χ4n) is 2.17. The van der Waals surface area contributed by atoms with Gasteiger partial charge in [-0.2, -0.15) is 8.78 Å². The maximum atomic E-state index is 12.5. The number of nitrogens with zero attached hydrogens (tertiary/aromatic N) is 1. The number of hydrogen-bond acceptors (Lipinski definition) is 4. The van der Waals surface area contributed by atoms with Gasteiger partial charge in [-0.25, -0.2) is 4.98 Å². The molecule has 0 fully saturated rings. The first-order valence-electron chi connectivity index (χ1n) is 6.66. The molecule has 1 amide bonds. The van der Waals surface area contributed by atoms with Crippen LogP contribution in [0.2, 0.25) is 0 Å². The van der Waals surface area contributed by atoms with Crippen LogP contribution in [0.4, 0.5) is 8.78 Å². The van der Waals surface area contributed by atoms with Gasteiger partial charge in [-0.05, 0) is 56.3 Å². The second kappa shape index (κ2) is 7.19. The number of alkyl halides is 2. The highest BCUT2D eigenvalue weighted by Crippen LogP contribution is 2.28. The molecule has 22 heavy (non-hydrogen) atoms. The smallest absolute Gasteiger partial charge is 0.290 e. The minimum absolute atomic E-state index is 0.0421. The molecule has 0 radical (unpaired) electrons. The van der Waals surface area contributed by atoms with E-state index in [0.29, 0.717) is 0 Å². The van der Waals surface area contributed by atoms with Gasteiger partial charge in [-0.1, -0.05) is 0 Å². The standard InChI is InChI=1S/C15H16F2N2OS2/c1-8-7-12(10(3)21-8)9(2)19-13(20)11-5-4-6-18-14(11)22-15(16)17/h4-7,9,15H,1-3H3,(H,19,20). The Bertz CT molecular complexity index is 673. The Kier molecular flexibility index (Phi) is 5.52. The summed E-state index contributed by atoms with van der Waals surface area (Å²) in [6.45, 7) is 5.88. The number of thiophene rings is 1. The third-order valence-electron chi connectivity index (χ3n) is 3.11. The van der Waals surface area contributed by atoms with Crippen molar-refractivity contribution >= 4 is 29.0 Å². The zero-order chi connectivity index (χ0) is 16.3. The number of hydrogen-bond donors (Lipinski definition) is 1. The zero-order valence-corrected chi connectivity index (χ0v) is 14.0. The molecule has 0 saturated carbocycles. The minimum atomic E-state index is -2.61. The van der Waals surface area contributed by atoms with Crippen LogP contribution in [-0.4, -0.2) is 16.6 Å². The van der Waals surface area contributed by atoms with E-state index in [1.54, 1.807) is 17.4 Å². The van der Waals surface area contributed by atoms with Gasteiger partial charge < -0.3 is 5.32 Å². The number of thioether (sulfide) groups is 1. The maximum absolute atomic E-state index is 12.5. The summed E-state index contributed by atoms with van der Waals surface area (Å²) in [5, 5.41) is 2.89. The van der Waals surface area contributed by atoms with E-state index in [9.17, 15) is 13.6 Å². The number of nitrogens with one attached hydrogen (secondary N) is 1. The summed E-state index contributed by atoms with van der Waals surface area (Å²) in [5.74, 6) is -3.01. The molecule has 1 unspecified atom stereocenters. The summed E-state index contributed by atoms with van der Waals surface area (Å²) in [5.41, 5.74) is 1.21. The second-order valence-electron chi connectivity index (χ2n) is 4.80. The van der Waals surface area contributed by atoms with Crippen molar-refractivity contribution in [2.75, 3.05) is 0 Å². The van der Waals surface area contributed by atoms with Crippen molar-refractivity contribution < 1.29 is 13.6 Å². The van der Waals surface area contributed by atoms with E-state index in [1.807, 2.05) is 26.8 Å². The van der Waals surface area contributed by atoms with Crippen molar-refractivity contribution in [2.45, 2.75) is 37.6 Å². The number of amides is 1. The molecule has 118 valence electrons. The van der Waals surface area contributed by atoms with Crippen molar-refractivity contribution in [1.29, 1.82) is 0 Å². The number of pyridine rings is 1. The summed E-state index contributed by atoms with van der Waals surface area (Å²) in [4.78, 5) is 18.5. The minimum Gasteiger partial charge on any atom is -0.345 e. The highest BCUT2D eigenvalue weighted by atomic mass is 32.2. The number of carbonyl (C=O) groups excluding carboxylic acids is 1. The van der Waals surface area contributed by atoms with Gasteiger partial charge in [0, 0.05) is 16.0 Å². The van der Waals surface area contributed by atoms with Crippen LogP contribution < -0.4 is 5.32 Å². The number of rotatable bonds is 5. The zero-order valence-electron chi connectivity index (χ0n) is 12.4. The van der Waals surface area contributed by atoms with Crippen LogP contribution in [-0.2, 0) is 0 Å². The monoisotopic (exact) mass is 342 g/mol. The lowest BCUT2D eigenvalue weighted by molar-refractivity contribution is 0.0936. The fourth-order valence-corrected chi connectivity index (χ4v) is 3.78. The Morgan fingerprint density at radius 3 is 2.73 bits per heavy atom. The first-order valence-corrected chi connectivity index (χ1v) is 8.35. The first kappa shape index (κ1) is 16.9. The molecule has 1 atom stereocenters. The Labute approximate surface area is 136 Å². The summed E-state index contributed by atoms with van der Waals surface area (Å²) >= 11 is 1.95. The highest BCUT2D eigenvalue weighted by molar-refractivity contribution is 7.99. The Morgan fingerprint density at radius 1 is 1.41 bits per heavy atom. The third kappa shape index (κ3) is 4.04. The number of aryl methyl sites for hydroxylation is 2. The SMILES string of the molecule is Cc1cc(C(C)NC(=O)c2cccnc2SC(F)F)c(C)s1. The quantitative estimate of drug-likeness (QED) is 0.810. The van der Waals surface area contributed by atoms with Crippen LogP contribution in [0, 0.1) is 13.8 Å². The average Bonchev–Trinajstić information content (AvgIpc) is 2.77. The molecular formula is C15H16F2N2OS2. The van der Waals surface area contributed by atoms with E-state index in [0.717, 1.165) is 10.4 Å². The molecule has 0 spiro atoms. The molecule has 0 saturated heterocycles.